The molecule has 0 amide bonds. The van der Waals surface area contributed by atoms with Crippen molar-refractivity contribution in [2.75, 3.05) is 6.54 Å². The van der Waals surface area contributed by atoms with Crippen molar-refractivity contribution in [1.82, 2.24) is 28.6 Å². The maximum atomic E-state index is 14.2. The predicted octanol–water partition coefficient (Wildman–Crippen LogP) is 5.24. The molecule has 6 rings (SSSR count). The normalized spacial score (nSPS) is 22.2. The lowest BCUT2D eigenvalue weighted by Crippen LogP contribution is -2.44. The van der Waals surface area contributed by atoms with Gasteiger partial charge in [0.15, 0.2) is 0 Å². The molecule has 2 aliphatic heterocycles. The summed E-state index contributed by atoms with van der Waals surface area (Å²) >= 11 is 0. The zero-order chi connectivity index (χ0) is 25.8. The first kappa shape index (κ1) is 24.3. The Hall–Kier alpha value is -3.00. The molecule has 2 saturated heterocycles. The molecule has 3 aromatic heterocycles. The maximum Gasteiger partial charge on any atom is 0.275 e. The van der Waals surface area contributed by atoms with Crippen LogP contribution in [0.25, 0.3) is 16.6 Å². The Morgan fingerprint density at radius 3 is 2.41 bits per heavy atom. The molecule has 3 atom stereocenters. The second-order valence-electron chi connectivity index (χ2n) is 11.2. The topological polar surface area (TPSA) is 60.4 Å². The van der Waals surface area contributed by atoms with E-state index in [1.165, 1.54) is 18.9 Å². The van der Waals surface area contributed by atoms with Crippen LogP contribution in [0.2, 0.25) is 0 Å². The van der Waals surface area contributed by atoms with Crippen molar-refractivity contribution >= 4 is 16.6 Å². The number of hydrogen-bond donors (Lipinski definition) is 0. The van der Waals surface area contributed by atoms with Crippen LogP contribution in [0.1, 0.15) is 82.2 Å². The molecule has 1 aromatic carbocycles. The number of halogens is 1. The summed E-state index contributed by atoms with van der Waals surface area (Å²) in [5, 5.41) is 8.87. The number of benzene rings is 1. The zero-order valence-corrected chi connectivity index (χ0v) is 22.3. The van der Waals surface area contributed by atoms with Gasteiger partial charge in [0.2, 0.25) is 0 Å². The quantitative estimate of drug-likeness (QED) is 0.346. The summed E-state index contributed by atoms with van der Waals surface area (Å²) in [6.45, 7) is 10.1. The number of fused-ring (bicyclic) bond motifs is 5. The van der Waals surface area contributed by atoms with Gasteiger partial charge in [-0.2, -0.15) is 0 Å². The summed E-state index contributed by atoms with van der Waals surface area (Å²) in [7, 11) is 0. The predicted molar refractivity (Wildman–Crippen MR) is 144 cm³/mol. The summed E-state index contributed by atoms with van der Waals surface area (Å²) in [5.41, 5.74) is 3.22. The van der Waals surface area contributed by atoms with E-state index in [0.717, 1.165) is 60.6 Å². The smallest absolute Gasteiger partial charge is 0.275 e. The van der Waals surface area contributed by atoms with Crippen LogP contribution in [0, 0.1) is 12.7 Å². The summed E-state index contributed by atoms with van der Waals surface area (Å²) in [5.74, 6) is 2.21. The lowest BCUT2D eigenvalue weighted by molar-refractivity contribution is 0.102. The van der Waals surface area contributed by atoms with Crippen molar-refractivity contribution in [3.05, 3.63) is 63.8 Å². The first-order chi connectivity index (χ1) is 17.9. The van der Waals surface area contributed by atoms with E-state index in [-0.39, 0.29) is 11.4 Å². The van der Waals surface area contributed by atoms with Crippen LogP contribution in [0.3, 0.4) is 0 Å². The van der Waals surface area contributed by atoms with Gasteiger partial charge in [-0.3, -0.25) is 9.69 Å². The average Bonchev–Trinajstić information content (AvgIpc) is 3.54. The van der Waals surface area contributed by atoms with E-state index in [1.54, 1.807) is 12.1 Å². The third-order valence-electron chi connectivity index (χ3n) is 8.69. The molecule has 2 fully saturated rings. The summed E-state index contributed by atoms with van der Waals surface area (Å²) < 4.78 is 20.4. The first-order valence-electron chi connectivity index (χ1n) is 13.9. The average molecular weight is 505 g/mol. The Morgan fingerprint density at radius 2 is 1.70 bits per heavy atom. The minimum atomic E-state index is -0.279. The number of piperidine rings is 1. The van der Waals surface area contributed by atoms with E-state index in [2.05, 4.69) is 47.4 Å². The van der Waals surface area contributed by atoms with E-state index in [9.17, 15) is 9.18 Å². The molecule has 8 heteroatoms. The van der Waals surface area contributed by atoms with Crippen LogP contribution in [-0.2, 0) is 13.0 Å². The van der Waals surface area contributed by atoms with E-state index < -0.39 is 0 Å². The van der Waals surface area contributed by atoms with Crippen LogP contribution >= 0.6 is 0 Å². The second kappa shape index (κ2) is 9.39. The highest BCUT2D eigenvalue weighted by Gasteiger charge is 2.41. The molecule has 0 radical (unpaired) electrons. The van der Waals surface area contributed by atoms with Gasteiger partial charge in [0.05, 0.1) is 11.0 Å². The molecular weight excluding hydrogens is 467 g/mol. The van der Waals surface area contributed by atoms with Gasteiger partial charge in [-0.1, -0.05) is 20.8 Å². The SMILES string of the molecule is CCc1ccc2c(=O)n(CCCN3[C@@H]4CC[C@H]3CC(n3c(C)nnc3C(C)C)C4)c3ccc(F)cc3n12. The van der Waals surface area contributed by atoms with Crippen LogP contribution in [0.15, 0.2) is 35.1 Å². The largest absolute Gasteiger partial charge is 0.312 e. The fourth-order valence-electron chi connectivity index (χ4n) is 7.04. The van der Waals surface area contributed by atoms with Gasteiger partial charge in [-0.05, 0) is 75.8 Å². The molecule has 4 aromatic rings. The monoisotopic (exact) mass is 504 g/mol. The zero-order valence-electron chi connectivity index (χ0n) is 22.3. The Bertz CT molecular complexity index is 1500. The van der Waals surface area contributed by atoms with Gasteiger partial charge in [-0.15, -0.1) is 10.2 Å². The Labute approximate surface area is 216 Å². The highest BCUT2D eigenvalue weighted by atomic mass is 19.1. The van der Waals surface area contributed by atoms with Gasteiger partial charge in [0.25, 0.3) is 5.56 Å². The van der Waals surface area contributed by atoms with E-state index in [1.807, 2.05) is 21.1 Å². The molecule has 0 aliphatic carbocycles. The minimum absolute atomic E-state index is 0.00443. The van der Waals surface area contributed by atoms with Gasteiger partial charge in [0.1, 0.15) is 23.0 Å². The third kappa shape index (κ3) is 4.00. The van der Waals surface area contributed by atoms with Crippen molar-refractivity contribution < 1.29 is 4.39 Å². The molecule has 0 saturated carbocycles. The molecule has 1 unspecified atom stereocenters. The van der Waals surface area contributed by atoms with Crippen molar-refractivity contribution in [1.29, 1.82) is 0 Å². The molecule has 37 heavy (non-hydrogen) atoms. The standard InChI is InChI=1S/C29H37FN6O/c1-5-21-10-12-26-29(37)34(25-11-7-20(30)15-27(25)36(21)26)14-6-13-33-22-8-9-23(33)17-24(16-22)35-19(4)31-32-28(35)18(2)3/h7,10-12,15,18,22-24H,5-6,8-9,13-14,16-17H2,1-4H3/t22-,23+,24?. The van der Waals surface area contributed by atoms with Crippen molar-refractivity contribution in [2.45, 2.75) is 96.8 Å². The molecule has 0 spiro atoms. The van der Waals surface area contributed by atoms with E-state index >= 15 is 0 Å². The number of hydrogen-bond acceptors (Lipinski definition) is 4. The van der Waals surface area contributed by atoms with Crippen molar-refractivity contribution in [2.24, 2.45) is 0 Å². The number of aryl methyl sites for hydroxylation is 3. The Balaban J connectivity index is 1.22. The highest BCUT2D eigenvalue weighted by molar-refractivity contribution is 5.79. The van der Waals surface area contributed by atoms with Gasteiger partial charge in [-0.25, -0.2) is 4.39 Å². The maximum absolute atomic E-state index is 14.2. The lowest BCUT2D eigenvalue weighted by Gasteiger charge is -2.40. The van der Waals surface area contributed by atoms with Gasteiger partial charge < -0.3 is 13.5 Å². The molecule has 2 aliphatic rings. The van der Waals surface area contributed by atoms with E-state index in [4.69, 9.17) is 0 Å². The highest BCUT2D eigenvalue weighted by Crippen LogP contribution is 2.42. The molecule has 0 N–H and O–H groups in total. The minimum Gasteiger partial charge on any atom is -0.312 e. The molecule has 7 nitrogen and oxygen atoms in total. The number of nitrogens with zero attached hydrogens (tertiary/aromatic N) is 6. The fourth-order valence-corrected chi connectivity index (χ4v) is 7.04. The fraction of sp³-hybridized carbons (Fsp3) is 0.552. The third-order valence-corrected chi connectivity index (χ3v) is 8.69. The van der Waals surface area contributed by atoms with Crippen LogP contribution in [0.4, 0.5) is 4.39 Å². The van der Waals surface area contributed by atoms with Crippen LogP contribution < -0.4 is 5.56 Å². The summed E-state index contributed by atoms with van der Waals surface area (Å²) in [4.78, 5) is 16.2. The van der Waals surface area contributed by atoms with Gasteiger partial charge in [0, 0.05) is 42.8 Å². The van der Waals surface area contributed by atoms with E-state index in [0.29, 0.717) is 36.1 Å². The molecule has 196 valence electrons. The number of aromatic nitrogens is 5. The Morgan fingerprint density at radius 1 is 0.973 bits per heavy atom. The molecular formula is C29H37FN6O. The Kier molecular flexibility index (Phi) is 6.18. The first-order valence-corrected chi connectivity index (χ1v) is 13.9. The summed E-state index contributed by atoms with van der Waals surface area (Å²) in [6.07, 6.45) is 6.41. The van der Waals surface area contributed by atoms with Crippen molar-refractivity contribution in [3.8, 4) is 0 Å². The molecule has 5 heterocycles. The van der Waals surface area contributed by atoms with Gasteiger partial charge >= 0.3 is 0 Å². The second-order valence-corrected chi connectivity index (χ2v) is 11.2. The number of rotatable bonds is 7. The lowest BCUT2D eigenvalue weighted by atomic mass is 9.96. The van der Waals surface area contributed by atoms with Crippen LogP contribution in [0.5, 0.6) is 0 Å². The summed E-state index contributed by atoms with van der Waals surface area (Å²) in [6, 6.07) is 10.2. The van der Waals surface area contributed by atoms with Crippen LogP contribution in [-0.4, -0.2) is 47.3 Å². The molecule has 2 bridgehead atoms. The van der Waals surface area contributed by atoms with Crippen molar-refractivity contribution in [3.63, 3.8) is 0 Å².